The molecule has 3 atom stereocenters. The molecule has 3 rings (SSSR count). The monoisotopic (exact) mass is 323 g/mol. The predicted octanol–water partition coefficient (Wildman–Crippen LogP) is 4.67. The van der Waals surface area contributed by atoms with Crippen molar-refractivity contribution in [3.8, 4) is 0 Å². The highest BCUT2D eigenvalue weighted by Crippen LogP contribution is 2.52. The van der Waals surface area contributed by atoms with E-state index in [0.29, 0.717) is 11.8 Å². The predicted molar refractivity (Wildman–Crippen MR) is 99.6 cm³/mol. The highest BCUT2D eigenvalue weighted by Gasteiger charge is 2.52. The van der Waals surface area contributed by atoms with Crippen LogP contribution in [0.2, 0.25) is 0 Å². The van der Waals surface area contributed by atoms with Gasteiger partial charge in [-0.2, -0.15) is 0 Å². The molecule has 2 nitrogen and oxygen atoms in total. The summed E-state index contributed by atoms with van der Waals surface area (Å²) in [7, 11) is 0. The number of hydrogen-bond donors (Lipinski definition) is 1. The van der Waals surface area contributed by atoms with E-state index in [0.717, 1.165) is 38.6 Å². The molecule has 2 aliphatic carbocycles. The van der Waals surface area contributed by atoms with E-state index in [1.54, 1.807) is 0 Å². The van der Waals surface area contributed by atoms with E-state index < -0.39 is 0 Å². The largest absolute Gasteiger partial charge is 0.356 e. The Balaban J connectivity index is 1.47. The van der Waals surface area contributed by atoms with Gasteiger partial charge in [0.15, 0.2) is 0 Å². The quantitative estimate of drug-likeness (QED) is 0.801. The molecule has 1 fully saturated rings. The van der Waals surface area contributed by atoms with Gasteiger partial charge in [0.2, 0.25) is 5.91 Å². The first kappa shape index (κ1) is 17.0. The van der Waals surface area contributed by atoms with Crippen molar-refractivity contribution in [2.45, 2.75) is 44.9 Å². The van der Waals surface area contributed by atoms with Crippen LogP contribution in [0, 0.1) is 17.8 Å². The number of carbonyl (C=O) groups is 1. The van der Waals surface area contributed by atoms with Gasteiger partial charge in [-0.1, -0.05) is 54.6 Å². The maximum atomic E-state index is 12.5. The number of allylic oxidation sites excluding steroid dienone is 4. The first-order valence-corrected chi connectivity index (χ1v) is 9.48. The molecule has 1 amide bonds. The van der Waals surface area contributed by atoms with Gasteiger partial charge in [-0.25, -0.2) is 0 Å². The summed E-state index contributed by atoms with van der Waals surface area (Å²) in [6.07, 6.45) is 17.0. The van der Waals surface area contributed by atoms with E-state index in [1.807, 2.05) is 6.07 Å². The van der Waals surface area contributed by atoms with Crippen molar-refractivity contribution in [3.63, 3.8) is 0 Å². The number of nitrogens with one attached hydrogen (secondary N) is 1. The molecule has 0 saturated heterocycles. The van der Waals surface area contributed by atoms with Gasteiger partial charge >= 0.3 is 0 Å². The van der Waals surface area contributed by atoms with Crippen LogP contribution in [0.1, 0.15) is 44.1 Å². The molecule has 0 aromatic heterocycles. The first-order chi connectivity index (χ1) is 11.9. The smallest absolute Gasteiger partial charge is 0.223 e. The number of rotatable bonds is 4. The van der Waals surface area contributed by atoms with E-state index in [-0.39, 0.29) is 11.8 Å². The SMILES string of the molecule is O=C(NCCc1ccccc1)C1[C@H]2CC/C=C\CC/C=C/CC[C@H]12. The number of benzene rings is 1. The average Bonchev–Trinajstić information content (AvgIpc) is 3.28. The minimum Gasteiger partial charge on any atom is -0.356 e. The summed E-state index contributed by atoms with van der Waals surface area (Å²) < 4.78 is 0. The minimum absolute atomic E-state index is 0.253. The fraction of sp³-hybridized carbons (Fsp3) is 0.500. The van der Waals surface area contributed by atoms with Crippen LogP contribution in [0.3, 0.4) is 0 Å². The second-order valence-electron chi connectivity index (χ2n) is 7.05. The lowest BCUT2D eigenvalue weighted by Crippen LogP contribution is -2.28. The summed E-state index contributed by atoms with van der Waals surface area (Å²) >= 11 is 0. The molecular weight excluding hydrogens is 294 g/mol. The lowest BCUT2D eigenvalue weighted by molar-refractivity contribution is -0.122. The molecule has 0 radical (unpaired) electrons. The van der Waals surface area contributed by atoms with Crippen LogP contribution >= 0.6 is 0 Å². The number of carbonyl (C=O) groups excluding carboxylic acids is 1. The van der Waals surface area contributed by atoms with Gasteiger partial charge in [-0.3, -0.25) is 4.79 Å². The van der Waals surface area contributed by atoms with E-state index in [2.05, 4.69) is 53.9 Å². The van der Waals surface area contributed by atoms with Crippen LogP contribution in [-0.4, -0.2) is 12.5 Å². The summed E-state index contributed by atoms with van der Waals surface area (Å²) in [5, 5.41) is 3.17. The Morgan fingerprint density at radius 1 is 0.875 bits per heavy atom. The van der Waals surface area contributed by atoms with Crippen molar-refractivity contribution in [1.29, 1.82) is 0 Å². The molecule has 0 bridgehead atoms. The molecule has 24 heavy (non-hydrogen) atoms. The summed E-state index contributed by atoms with van der Waals surface area (Å²) in [6.45, 7) is 0.749. The molecular formula is C22H29NO. The zero-order valence-corrected chi connectivity index (χ0v) is 14.5. The maximum absolute atomic E-state index is 12.5. The molecule has 0 aliphatic heterocycles. The lowest BCUT2D eigenvalue weighted by Gasteiger charge is -2.05. The Labute approximate surface area is 146 Å². The van der Waals surface area contributed by atoms with Crippen molar-refractivity contribution in [1.82, 2.24) is 5.32 Å². The van der Waals surface area contributed by atoms with Crippen LogP contribution in [0.25, 0.3) is 0 Å². The topological polar surface area (TPSA) is 29.1 Å². The molecule has 0 heterocycles. The number of amides is 1. The fourth-order valence-electron chi connectivity index (χ4n) is 3.95. The minimum atomic E-state index is 0.253. The Morgan fingerprint density at radius 2 is 1.46 bits per heavy atom. The van der Waals surface area contributed by atoms with Crippen molar-refractivity contribution < 1.29 is 4.79 Å². The molecule has 1 aromatic carbocycles. The third-order valence-electron chi connectivity index (χ3n) is 5.36. The molecule has 128 valence electrons. The highest BCUT2D eigenvalue weighted by molar-refractivity contribution is 5.82. The van der Waals surface area contributed by atoms with Crippen LogP contribution in [-0.2, 0) is 11.2 Å². The third-order valence-corrected chi connectivity index (χ3v) is 5.36. The normalized spacial score (nSPS) is 29.4. The molecule has 2 aliphatic rings. The van der Waals surface area contributed by atoms with Gasteiger partial charge in [0, 0.05) is 12.5 Å². The Bertz CT molecular complexity index is 551. The second-order valence-corrected chi connectivity index (χ2v) is 7.05. The van der Waals surface area contributed by atoms with Gasteiger partial charge in [-0.15, -0.1) is 0 Å². The van der Waals surface area contributed by atoms with Crippen LogP contribution in [0.5, 0.6) is 0 Å². The van der Waals surface area contributed by atoms with E-state index >= 15 is 0 Å². The number of hydrogen-bond acceptors (Lipinski definition) is 1. The van der Waals surface area contributed by atoms with E-state index in [9.17, 15) is 4.79 Å². The Hall–Kier alpha value is -1.83. The van der Waals surface area contributed by atoms with Gasteiger partial charge in [0.05, 0.1) is 0 Å². The van der Waals surface area contributed by atoms with E-state index in [1.165, 1.54) is 18.4 Å². The highest BCUT2D eigenvalue weighted by atomic mass is 16.2. The zero-order valence-electron chi connectivity index (χ0n) is 14.5. The van der Waals surface area contributed by atoms with Gasteiger partial charge < -0.3 is 5.32 Å². The van der Waals surface area contributed by atoms with Crippen LogP contribution < -0.4 is 5.32 Å². The summed E-state index contributed by atoms with van der Waals surface area (Å²) in [4.78, 5) is 12.5. The van der Waals surface area contributed by atoms with Gasteiger partial charge in [0.1, 0.15) is 0 Å². The summed E-state index contributed by atoms with van der Waals surface area (Å²) in [6, 6.07) is 10.4. The van der Waals surface area contributed by atoms with Gasteiger partial charge in [-0.05, 0) is 62.3 Å². The first-order valence-electron chi connectivity index (χ1n) is 9.48. The summed E-state index contributed by atoms with van der Waals surface area (Å²) in [5.41, 5.74) is 1.29. The van der Waals surface area contributed by atoms with Crippen molar-refractivity contribution in [2.75, 3.05) is 6.54 Å². The van der Waals surface area contributed by atoms with Crippen LogP contribution in [0.4, 0.5) is 0 Å². The molecule has 1 N–H and O–H groups in total. The van der Waals surface area contributed by atoms with Crippen LogP contribution in [0.15, 0.2) is 54.6 Å². The number of fused-ring (bicyclic) bond motifs is 1. The van der Waals surface area contributed by atoms with E-state index in [4.69, 9.17) is 0 Å². The average molecular weight is 323 g/mol. The molecule has 1 unspecified atom stereocenters. The Morgan fingerprint density at radius 3 is 2.08 bits per heavy atom. The summed E-state index contributed by atoms with van der Waals surface area (Å²) in [5.74, 6) is 1.73. The molecule has 1 saturated carbocycles. The molecule has 1 aromatic rings. The van der Waals surface area contributed by atoms with Crippen molar-refractivity contribution in [3.05, 3.63) is 60.2 Å². The Kier molecular flexibility index (Phi) is 6.28. The lowest BCUT2D eigenvalue weighted by atomic mass is 10.1. The van der Waals surface area contributed by atoms with Crippen molar-refractivity contribution >= 4 is 5.91 Å². The second kappa shape index (κ2) is 8.86. The van der Waals surface area contributed by atoms with Crippen molar-refractivity contribution in [2.24, 2.45) is 17.8 Å². The van der Waals surface area contributed by atoms with Gasteiger partial charge in [0.25, 0.3) is 0 Å². The molecule has 0 spiro atoms. The fourth-order valence-corrected chi connectivity index (χ4v) is 3.95. The zero-order chi connectivity index (χ0) is 16.6. The standard InChI is InChI=1S/C22H29NO/c24-22(23-17-16-18-12-8-7-9-13-18)21-19-14-10-5-3-1-2-4-6-11-15-20(19)21/h3-9,12-13,19-21H,1-2,10-11,14-17H2,(H,23,24)/b5-3-,6-4+/t19-,20-,21?/m0/s1. The maximum Gasteiger partial charge on any atom is 0.223 e. The third kappa shape index (κ3) is 4.83. The molecule has 2 heteroatoms.